The number of hydrogen-bond acceptors (Lipinski definition) is 1. The summed E-state index contributed by atoms with van der Waals surface area (Å²) in [5.41, 5.74) is 1.66. The van der Waals surface area contributed by atoms with Gasteiger partial charge in [0, 0.05) is 5.25 Å². The molecule has 1 nitrogen and oxygen atoms in total. The van der Waals surface area contributed by atoms with Gasteiger partial charge in [-0.3, -0.25) is 0 Å². The van der Waals surface area contributed by atoms with Gasteiger partial charge in [0.15, 0.2) is 0 Å². The number of aliphatic hydroxyl groups excluding tert-OH is 1. The van der Waals surface area contributed by atoms with E-state index >= 15 is 0 Å². The number of benzene rings is 1. The van der Waals surface area contributed by atoms with Gasteiger partial charge in [0.1, 0.15) is 0 Å². The van der Waals surface area contributed by atoms with Crippen LogP contribution in [0.15, 0.2) is 30.3 Å². The van der Waals surface area contributed by atoms with E-state index < -0.39 is 0 Å². The molecule has 0 aromatic heterocycles. The Morgan fingerprint density at radius 3 is 2.40 bits per heavy atom. The summed E-state index contributed by atoms with van der Waals surface area (Å²) >= 11 is 0. The topological polar surface area (TPSA) is 20.2 Å². The molecule has 0 radical (unpaired) electrons. The van der Waals surface area contributed by atoms with Gasteiger partial charge >= 0.3 is 0 Å². The number of fused-ring (bicyclic) bond motifs is 2. The van der Waals surface area contributed by atoms with Gasteiger partial charge in [0.2, 0.25) is 0 Å². The lowest BCUT2D eigenvalue weighted by Gasteiger charge is -2.37. The third-order valence-electron chi connectivity index (χ3n) is 6.29. The molecule has 0 heterocycles. The van der Waals surface area contributed by atoms with Crippen molar-refractivity contribution in [1.82, 2.24) is 0 Å². The van der Waals surface area contributed by atoms with Crippen molar-refractivity contribution in [3.8, 4) is 0 Å². The van der Waals surface area contributed by atoms with Crippen LogP contribution in [-0.2, 0) is 0 Å². The van der Waals surface area contributed by atoms with Crippen molar-refractivity contribution < 1.29 is 5.11 Å². The first kappa shape index (κ1) is 14.3. The summed E-state index contributed by atoms with van der Waals surface area (Å²) in [6.07, 6.45) is 4.63. The van der Waals surface area contributed by atoms with Gasteiger partial charge in [0.25, 0.3) is 0 Å². The molecular formula is C18H26OS. The molecule has 0 amide bonds. The van der Waals surface area contributed by atoms with Gasteiger partial charge in [-0.25, -0.2) is 0 Å². The Balaban J connectivity index is 1.94. The van der Waals surface area contributed by atoms with E-state index in [9.17, 15) is 5.11 Å². The Kier molecular flexibility index (Phi) is 3.38. The second kappa shape index (κ2) is 4.71. The standard InChI is InChI=1S/C18H26OS/c1-17(2)14-10-11-18(17,3)16(19)15(14)20(4)12-13-8-6-5-7-9-13/h5-9,12,14-16,19H,10-11H2,1-4H3/t14-,15+,16+,18+,20?/m1/s1. The summed E-state index contributed by atoms with van der Waals surface area (Å²) in [5, 5.41) is 13.7. The second-order valence-corrected chi connectivity index (χ2v) is 9.32. The van der Waals surface area contributed by atoms with Crippen molar-refractivity contribution in [3.63, 3.8) is 0 Å². The fourth-order valence-electron chi connectivity index (χ4n) is 4.54. The normalized spacial score (nSPS) is 40.1. The van der Waals surface area contributed by atoms with E-state index in [-0.39, 0.29) is 27.4 Å². The molecule has 2 bridgehead atoms. The van der Waals surface area contributed by atoms with Crippen LogP contribution in [0.1, 0.15) is 39.2 Å². The maximum atomic E-state index is 10.9. The highest BCUT2D eigenvalue weighted by Crippen LogP contribution is 2.68. The molecule has 2 heteroatoms. The molecule has 0 aliphatic heterocycles. The van der Waals surface area contributed by atoms with Crippen LogP contribution in [-0.4, -0.2) is 28.1 Å². The zero-order valence-electron chi connectivity index (χ0n) is 13.0. The molecule has 1 unspecified atom stereocenters. The van der Waals surface area contributed by atoms with Gasteiger partial charge in [-0.1, -0.05) is 51.1 Å². The lowest BCUT2D eigenvalue weighted by molar-refractivity contribution is 0.0148. The van der Waals surface area contributed by atoms with Crippen LogP contribution in [0.25, 0.3) is 0 Å². The SMILES string of the molecule is C/S(=C\c1ccccc1)[C@H]1[C@H]2CC[C@@](C)([C@H]1O)C2(C)C. The van der Waals surface area contributed by atoms with E-state index in [0.717, 1.165) is 0 Å². The van der Waals surface area contributed by atoms with Crippen molar-refractivity contribution in [2.24, 2.45) is 16.7 Å². The van der Waals surface area contributed by atoms with Crippen LogP contribution in [0.2, 0.25) is 0 Å². The summed E-state index contributed by atoms with van der Waals surface area (Å²) < 4.78 is 0. The molecule has 0 saturated heterocycles. The average molecular weight is 290 g/mol. The van der Waals surface area contributed by atoms with E-state index in [1.54, 1.807) is 0 Å². The van der Waals surface area contributed by atoms with Crippen molar-refractivity contribution in [2.75, 3.05) is 6.26 Å². The number of aliphatic hydroxyl groups is 1. The maximum Gasteiger partial charge on any atom is 0.0715 e. The summed E-state index contributed by atoms with van der Waals surface area (Å²) in [6.45, 7) is 7.04. The van der Waals surface area contributed by atoms with Crippen LogP contribution in [0.3, 0.4) is 0 Å². The smallest absolute Gasteiger partial charge is 0.0715 e. The van der Waals surface area contributed by atoms with Crippen molar-refractivity contribution in [2.45, 2.75) is 45.0 Å². The third kappa shape index (κ3) is 1.84. The summed E-state index contributed by atoms with van der Waals surface area (Å²) in [7, 11) is 0.127. The first-order valence-electron chi connectivity index (χ1n) is 7.59. The first-order chi connectivity index (χ1) is 9.38. The Morgan fingerprint density at radius 1 is 1.20 bits per heavy atom. The molecule has 1 aromatic rings. The van der Waals surface area contributed by atoms with E-state index in [1.807, 2.05) is 0 Å². The van der Waals surface area contributed by atoms with Gasteiger partial charge in [0.05, 0.1) is 6.10 Å². The summed E-state index contributed by atoms with van der Waals surface area (Å²) in [4.78, 5) is 0. The van der Waals surface area contributed by atoms with E-state index in [1.165, 1.54) is 18.4 Å². The monoisotopic (exact) mass is 290 g/mol. The van der Waals surface area contributed by atoms with Gasteiger partial charge in [-0.15, -0.1) is 0 Å². The minimum Gasteiger partial charge on any atom is -0.391 e. The molecule has 3 rings (SSSR count). The minimum absolute atomic E-state index is 0.105. The fraction of sp³-hybridized carbons (Fsp3) is 0.611. The van der Waals surface area contributed by atoms with Crippen LogP contribution in [0.4, 0.5) is 0 Å². The largest absolute Gasteiger partial charge is 0.391 e. The second-order valence-electron chi connectivity index (χ2n) is 7.33. The molecule has 110 valence electrons. The Labute approximate surface area is 125 Å². The predicted molar refractivity (Wildman–Crippen MR) is 89.5 cm³/mol. The highest BCUT2D eigenvalue weighted by atomic mass is 32.2. The summed E-state index contributed by atoms with van der Waals surface area (Å²) in [6, 6.07) is 10.6. The zero-order chi connectivity index (χ0) is 14.5. The Hall–Kier alpha value is -0.600. The van der Waals surface area contributed by atoms with E-state index in [4.69, 9.17) is 0 Å². The lowest BCUT2D eigenvalue weighted by atomic mass is 9.70. The van der Waals surface area contributed by atoms with Gasteiger partial charge in [-0.2, -0.15) is 10.5 Å². The molecule has 2 aliphatic rings. The van der Waals surface area contributed by atoms with Gasteiger partial charge in [-0.05, 0) is 46.8 Å². The fourth-order valence-corrected chi connectivity index (χ4v) is 6.98. The number of hydrogen-bond donors (Lipinski definition) is 1. The minimum atomic E-state index is -0.149. The van der Waals surface area contributed by atoms with E-state index in [2.05, 4.69) is 62.7 Å². The van der Waals surface area contributed by atoms with Gasteiger partial charge < -0.3 is 5.11 Å². The molecule has 20 heavy (non-hydrogen) atoms. The molecule has 2 fully saturated rings. The molecule has 2 saturated carbocycles. The lowest BCUT2D eigenvalue weighted by Crippen LogP contribution is -2.39. The van der Waals surface area contributed by atoms with Crippen LogP contribution >= 0.6 is 10.5 Å². The zero-order valence-corrected chi connectivity index (χ0v) is 13.8. The molecule has 2 aliphatic carbocycles. The molecule has 0 spiro atoms. The highest BCUT2D eigenvalue weighted by molar-refractivity contribution is 8.15. The average Bonchev–Trinajstić information content (AvgIpc) is 2.72. The van der Waals surface area contributed by atoms with Crippen molar-refractivity contribution in [3.05, 3.63) is 35.9 Å². The molecule has 1 aromatic carbocycles. The number of rotatable bonds is 2. The predicted octanol–water partition coefficient (Wildman–Crippen LogP) is 3.92. The molecule has 1 N–H and O–H groups in total. The molecule has 5 atom stereocenters. The summed E-state index contributed by atoms with van der Waals surface area (Å²) in [5.74, 6) is 0.663. The van der Waals surface area contributed by atoms with Crippen molar-refractivity contribution >= 4 is 15.9 Å². The maximum absolute atomic E-state index is 10.9. The Bertz CT molecular complexity index is 534. The van der Waals surface area contributed by atoms with Crippen LogP contribution < -0.4 is 0 Å². The highest BCUT2D eigenvalue weighted by Gasteiger charge is 2.65. The third-order valence-corrected chi connectivity index (χ3v) is 8.37. The van der Waals surface area contributed by atoms with Crippen LogP contribution in [0, 0.1) is 16.7 Å². The Morgan fingerprint density at radius 2 is 1.85 bits per heavy atom. The van der Waals surface area contributed by atoms with E-state index in [0.29, 0.717) is 11.2 Å². The molecular weight excluding hydrogens is 264 g/mol. The first-order valence-corrected chi connectivity index (χ1v) is 9.35. The van der Waals surface area contributed by atoms with Crippen molar-refractivity contribution in [1.29, 1.82) is 0 Å². The quantitative estimate of drug-likeness (QED) is 0.819. The van der Waals surface area contributed by atoms with Crippen LogP contribution in [0.5, 0.6) is 0 Å².